The van der Waals surface area contributed by atoms with Crippen molar-refractivity contribution in [3.05, 3.63) is 53.3 Å². The van der Waals surface area contributed by atoms with Crippen LogP contribution in [-0.4, -0.2) is 56.3 Å². The number of benzene rings is 2. The van der Waals surface area contributed by atoms with Crippen molar-refractivity contribution < 1.29 is 27.6 Å². The van der Waals surface area contributed by atoms with Gasteiger partial charge in [-0.05, 0) is 48.0 Å². The van der Waals surface area contributed by atoms with Crippen LogP contribution in [0.4, 0.5) is 4.39 Å². The second-order valence-electron chi connectivity index (χ2n) is 7.54. The highest BCUT2D eigenvalue weighted by atomic mass is 32.2. The van der Waals surface area contributed by atoms with Gasteiger partial charge >= 0.3 is 7.12 Å². The lowest BCUT2D eigenvalue weighted by Crippen LogP contribution is -2.34. The molecule has 2 aromatic carbocycles. The van der Waals surface area contributed by atoms with Crippen molar-refractivity contribution in [3.8, 4) is 5.75 Å². The monoisotopic (exact) mass is 445 g/mol. The lowest BCUT2D eigenvalue weighted by Gasteiger charge is -2.30. The zero-order valence-electron chi connectivity index (χ0n) is 16.8. The van der Waals surface area contributed by atoms with Gasteiger partial charge in [0.25, 0.3) is 10.0 Å². The molecule has 0 unspecified atom stereocenters. The topological polar surface area (TPSA) is 112 Å². The molecule has 31 heavy (non-hydrogen) atoms. The van der Waals surface area contributed by atoms with Crippen molar-refractivity contribution in [2.45, 2.75) is 24.2 Å². The number of rotatable bonds is 6. The summed E-state index contributed by atoms with van der Waals surface area (Å²) in [5.41, 5.74) is 0.987. The third-order valence-electron chi connectivity index (χ3n) is 5.45. The van der Waals surface area contributed by atoms with Gasteiger partial charge in [-0.25, -0.2) is 9.40 Å². The highest BCUT2D eigenvalue weighted by Gasteiger charge is 2.34. The first-order valence-corrected chi connectivity index (χ1v) is 11.2. The van der Waals surface area contributed by atoms with Crippen LogP contribution in [0.5, 0.6) is 5.75 Å². The maximum atomic E-state index is 13.7. The van der Waals surface area contributed by atoms with Crippen molar-refractivity contribution >= 4 is 34.7 Å². The summed E-state index contributed by atoms with van der Waals surface area (Å²) in [4.78, 5) is -0.0923. The summed E-state index contributed by atoms with van der Waals surface area (Å²) in [6.07, 6.45) is 4.63. The Balaban J connectivity index is 1.70. The molecular weight excluding hydrogens is 424 g/mol. The molecule has 162 valence electrons. The van der Waals surface area contributed by atoms with E-state index in [1.807, 2.05) is 0 Å². The lowest BCUT2D eigenvalue weighted by atomic mass is 9.80. The van der Waals surface area contributed by atoms with Crippen molar-refractivity contribution in [1.82, 2.24) is 5.01 Å². The molecule has 2 N–H and O–H groups in total. The van der Waals surface area contributed by atoms with Gasteiger partial charge in [0.1, 0.15) is 4.90 Å². The first kappa shape index (κ1) is 21.5. The van der Waals surface area contributed by atoms with Crippen LogP contribution in [-0.2, 0) is 10.0 Å². The molecule has 1 aliphatic heterocycles. The maximum absolute atomic E-state index is 13.7. The predicted molar refractivity (Wildman–Crippen MR) is 115 cm³/mol. The molecule has 1 aliphatic carbocycles. The molecule has 0 bridgehead atoms. The Morgan fingerprint density at radius 2 is 2.06 bits per heavy atom. The summed E-state index contributed by atoms with van der Waals surface area (Å²) < 4.78 is 47.8. The van der Waals surface area contributed by atoms with Gasteiger partial charge < -0.3 is 14.8 Å². The molecule has 0 aromatic heterocycles. The number of nitrogens with zero attached hydrogens (tertiary/aromatic N) is 3. The highest BCUT2D eigenvalue weighted by Crippen LogP contribution is 2.31. The minimum absolute atomic E-state index is 0.0613. The van der Waals surface area contributed by atoms with Crippen LogP contribution >= 0.6 is 0 Å². The van der Waals surface area contributed by atoms with Gasteiger partial charge in [-0.15, -0.1) is 4.40 Å². The molecular formula is C20H21BFN3O5S. The largest absolute Gasteiger partial charge is 0.494 e. The number of fused-ring (bicyclic) bond motifs is 1. The number of hydrogen-bond donors (Lipinski definition) is 2. The third kappa shape index (κ3) is 4.34. The van der Waals surface area contributed by atoms with Crippen LogP contribution < -0.4 is 10.2 Å². The maximum Gasteiger partial charge on any atom is 0.488 e. The summed E-state index contributed by atoms with van der Waals surface area (Å²) in [5.74, 6) is 0.114. The van der Waals surface area contributed by atoms with Crippen LogP contribution in [0.1, 0.15) is 30.4 Å². The van der Waals surface area contributed by atoms with E-state index in [1.54, 1.807) is 6.07 Å². The van der Waals surface area contributed by atoms with E-state index < -0.39 is 23.0 Å². The molecule has 2 aromatic rings. The fourth-order valence-electron chi connectivity index (χ4n) is 3.50. The fourth-order valence-corrected chi connectivity index (χ4v) is 4.74. The van der Waals surface area contributed by atoms with Gasteiger partial charge in [-0.1, -0.05) is 24.6 Å². The average molecular weight is 445 g/mol. The van der Waals surface area contributed by atoms with Crippen molar-refractivity contribution in [3.63, 3.8) is 0 Å². The molecule has 8 nitrogen and oxygen atoms in total. The van der Waals surface area contributed by atoms with Gasteiger partial charge in [0, 0.05) is 12.1 Å². The Bertz CT molecular complexity index is 1170. The first-order valence-electron chi connectivity index (χ1n) is 9.79. The van der Waals surface area contributed by atoms with Crippen LogP contribution in [0.2, 0.25) is 0 Å². The van der Waals surface area contributed by atoms with Crippen LogP contribution in [0.15, 0.2) is 50.8 Å². The molecule has 1 heterocycles. The Morgan fingerprint density at radius 3 is 2.71 bits per heavy atom. The van der Waals surface area contributed by atoms with E-state index in [2.05, 4.69) is 9.50 Å². The highest BCUT2D eigenvalue weighted by molar-refractivity contribution is 7.90. The molecule has 4 rings (SSSR count). The first-order chi connectivity index (χ1) is 14.8. The van der Waals surface area contributed by atoms with Gasteiger partial charge in [0.2, 0.25) is 0 Å². The summed E-state index contributed by atoms with van der Waals surface area (Å²) in [7, 11) is -4.42. The van der Waals surface area contributed by atoms with E-state index >= 15 is 0 Å². The van der Waals surface area contributed by atoms with E-state index in [4.69, 9.17) is 4.74 Å². The van der Waals surface area contributed by atoms with E-state index in [9.17, 15) is 22.9 Å². The number of hydrazone groups is 1. The number of methoxy groups -OCH3 is 1. The minimum atomic E-state index is -4.00. The zero-order valence-corrected chi connectivity index (χ0v) is 17.6. The van der Waals surface area contributed by atoms with E-state index in [0.29, 0.717) is 23.6 Å². The number of halogens is 1. The fraction of sp³-hybridized carbons (Fsp3) is 0.300. The van der Waals surface area contributed by atoms with Crippen molar-refractivity contribution in [2.24, 2.45) is 15.4 Å². The Kier molecular flexibility index (Phi) is 5.82. The molecule has 1 saturated carbocycles. The number of sulfonamides is 1. The quantitative estimate of drug-likeness (QED) is 0.391. The third-order valence-corrected chi connectivity index (χ3v) is 6.76. The Labute approximate surface area is 179 Å². The lowest BCUT2D eigenvalue weighted by molar-refractivity contribution is 0.245. The van der Waals surface area contributed by atoms with Crippen LogP contribution in [0.25, 0.3) is 0 Å². The minimum Gasteiger partial charge on any atom is -0.494 e. The zero-order chi connectivity index (χ0) is 22.2. The van der Waals surface area contributed by atoms with E-state index in [0.717, 1.165) is 19.3 Å². The summed E-state index contributed by atoms with van der Waals surface area (Å²) in [6.45, 7) is 0.479. The smallest absolute Gasteiger partial charge is 0.488 e. The Hall–Kier alpha value is -2.76. The Morgan fingerprint density at radius 1 is 1.29 bits per heavy atom. The molecule has 0 amide bonds. The van der Waals surface area contributed by atoms with E-state index in [1.165, 1.54) is 48.7 Å². The van der Waals surface area contributed by atoms with Gasteiger partial charge in [0.15, 0.2) is 17.4 Å². The van der Waals surface area contributed by atoms with Gasteiger partial charge in [-0.2, -0.15) is 13.5 Å². The normalized spacial score (nSPS) is 17.2. The number of amidine groups is 1. The predicted octanol–water partition coefficient (Wildman–Crippen LogP) is 1.10. The molecule has 0 radical (unpaired) electrons. The summed E-state index contributed by atoms with van der Waals surface area (Å²) >= 11 is 0. The van der Waals surface area contributed by atoms with Crippen molar-refractivity contribution in [1.29, 1.82) is 0 Å². The summed E-state index contributed by atoms with van der Waals surface area (Å²) in [5, 5.41) is 24.8. The molecule has 0 saturated heterocycles. The SMILES string of the molecule is COc1cc(/C=N/N(CC2CCC2)C2=NS(=O)(=O)c3cc(B(O)O)ccc32)ccc1F. The summed E-state index contributed by atoms with van der Waals surface area (Å²) in [6, 6.07) is 8.45. The molecule has 0 spiro atoms. The number of ether oxygens (including phenoxy) is 1. The second-order valence-corrected chi connectivity index (χ2v) is 9.11. The van der Waals surface area contributed by atoms with Crippen LogP contribution in [0.3, 0.4) is 0 Å². The van der Waals surface area contributed by atoms with E-state index in [-0.39, 0.29) is 21.9 Å². The standard InChI is InChI=1S/C20H21BFN3O5S/c1-30-18-9-14(5-8-17(18)22)11-23-25(12-13-3-2-4-13)20-16-7-6-15(21(26)27)10-19(16)31(28,29)24-20/h5-11,13,26-27H,2-4,12H2,1H3/b23-11+. The molecule has 2 aliphatic rings. The van der Waals surface area contributed by atoms with Gasteiger partial charge in [-0.3, -0.25) is 0 Å². The van der Waals surface area contributed by atoms with Crippen LogP contribution in [0, 0.1) is 11.7 Å². The van der Waals surface area contributed by atoms with Crippen molar-refractivity contribution in [2.75, 3.05) is 13.7 Å². The average Bonchev–Trinajstić information content (AvgIpc) is 2.98. The molecule has 1 fully saturated rings. The molecule has 11 heteroatoms. The molecule has 0 atom stereocenters. The van der Waals surface area contributed by atoms with Gasteiger partial charge in [0.05, 0.1) is 13.3 Å². The second kappa shape index (κ2) is 8.41. The number of hydrogen-bond acceptors (Lipinski definition) is 7.